The summed E-state index contributed by atoms with van der Waals surface area (Å²) in [7, 11) is 0. The fourth-order valence-electron chi connectivity index (χ4n) is 4.60. The third-order valence-electron chi connectivity index (χ3n) is 4.96. The Morgan fingerprint density at radius 3 is 2.24 bits per heavy atom. The average molecular weight is 250 g/mol. The highest BCUT2D eigenvalue weighted by molar-refractivity contribution is 7.09. The molecule has 4 saturated carbocycles. The SMILES string of the molecule is Nc1nsc(NC2C3CC4CC(C3)CC2C4)n1. The Hall–Kier alpha value is -0.840. The first-order valence-electron chi connectivity index (χ1n) is 6.63. The van der Waals surface area contributed by atoms with E-state index in [4.69, 9.17) is 5.73 Å². The summed E-state index contributed by atoms with van der Waals surface area (Å²) in [6.07, 6.45) is 7.22. The van der Waals surface area contributed by atoms with Crippen LogP contribution in [0.25, 0.3) is 0 Å². The third kappa shape index (κ3) is 1.63. The molecule has 4 aliphatic rings. The molecule has 0 amide bonds. The quantitative estimate of drug-likeness (QED) is 0.845. The Labute approximate surface area is 105 Å². The summed E-state index contributed by atoms with van der Waals surface area (Å²) in [5.41, 5.74) is 5.58. The lowest BCUT2D eigenvalue weighted by molar-refractivity contribution is 0.00754. The van der Waals surface area contributed by atoms with Gasteiger partial charge in [-0.25, -0.2) is 0 Å². The zero-order valence-corrected chi connectivity index (χ0v) is 10.6. The molecule has 0 spiro atoms. The second-order valence-corrected chi connectivity index (χ2v) is 6.81. The zero-order valence-electron chi connectivity index (χ0n) is 9.80. The molecule has 0 aliphatic heterocycles. The van der Waals surface area contributed by atoms with Gasteiger partial charge in [0.2, 0.25) is 11.1 Å². The van der Waals surface area contributed by atoms with Gasteiger partial charge in [0.05, 0.1) is 0 Å². The molecule has 4 nitrogen and oxygen atoms in total. The van der Waals surface area contributed by atoms with E-state index in [0.29, 0.717) is 12.0 Å². The van der Waals surface area contributed by atoms with Crippen molar-refractivity contribution in [2.75, 3.05) is 11.1 Å². The first kappa shape index (κ1) is 10.1. The standard InChI is InChI=1S/C12H18N4S/c13-11-15-12(17-16-11)14-10-8-2-6-1-7(4-8)5-9(10)3-6/h6-10H,1-5H2,(H3,13,14,15,16). The first-order chi connectivity index (χ1) is 8.28. The molecule has 4 aliphatic carbocycles. The fourth-order valence-corrected chi connectivity index (χ4v) is 5.14. The summed E-state index contributed by atoms with van der Waals surface area (Å²) in [6.45, 7) is 0. The number of nitrogens with one attached hydrogen (secondary N) is 1. The lowest BCUT2D eigenvalue weighted by Crippen LogP contribution is -2.51. The maximum atomic E-state index is 5.58. The Balaban J connectivity index is 1.54. The minimum Gasteiger partial charge on any atom is -0.367 e. The molecule has 0 unspecified atom stereocenters. The molecule has 0 saturated heterocycles. The van der Waals surface area contributed by atoms with Gasteiger partial charge in [-0.1, -0.05) is 0 Å². The van der Waals surface area contributed by atoms with Crippen LogP contribution in [-0.4, -0.2) is 15.4 Å². The lowest BCUT2D eigenvalue weighted by atomic mass is 9.54. The minimum atomic E-state index is 0.404. The molecule has 4 bridgehead atoms. The summed E-state index contributed by atoms with van der Waals surface area (Å²) in [4.78, 5) is 4.24. The maximum absolute atomic E-state index is 5.58. The van der Waals surface area contributed by atoms with Gasteiger partial charge in [0.1, 0.15) is 0 Å². The van der Waals surface area contributed by atoms with Gasteiger partial charge < -0.3 is 11.1 Å². The molecule has 92 valence electrons. The summed E-state index contributed by atoms with van der Waals surface area (Å²) < 4.78 is 4.05. The van der Waals surface area contributed by atoms with Crippen molar-refractivity contribution in [2.45, 2.75) is 38.1 Å². The van der Waals surface area contributed by atoms with E-state index in [1.165, 1.54) is 43.6 Å². The smallest absolute Gasteiger partial charge is 0.233 e. The predicted octanol–water partition coefficient (Wildman–Crippen LogP) is 2.36. The molecule has 1 aromatic rings. The fraction of sp³-hybridized carbons (Fsp3) is 0.833. The van der Waals surface area contributed by atoms with Crippen molar-refractivity contribution < 1.29 is 0 Å². The molecule has 1 heterocycles. The highest BCUT2D eigenvalue weighted by Gasteiger charge is 2.48. The van der Waals surface area contributed by atoms with E-state index in [2.05, 4.69) is 14.7 Å². The monoisotopic (exact) mass is 250 g/mol. The predicted molar refractivity (Wildman–Crippen MR) is 68.8 cm³/mol. The van der Waals surface area contributed by atoms with Crippen LogP contribution >= 0.6 is 11.5 Å². The van der Waals surface area contributed by atoms with Gasteiger partial charge in [-0.2, -0.15) is 9.36 Å². The summed E-state index contributed by atoms with van der Waals surface area (Å²) in [5.74, 6) is 4.19. The van der Waals surface area contributed by atoms with Crippen LogP contribution in [0.5, 0.6) is 0 Å². The van der Waals surface area contributed by atoms with Gasteiger partial charge >= 0.3 is 0 Å². The van der Waals surface area contributed by atoms with E-state index >= 15 is 0 Å². The number of nitrogens with zero attached hydrogens (tertiary/aromatic N) is 2. The molecular formula is C12H18N4S. The molecule has 0 radical (unpaired) electrons. The van der Waals surface area contributed by atoms with Crippen LogP contribution in [0.4, 0.5) is 11.1 Å². The van der Waals surface area contributed by atoms with Crippen LogP contribution in [0.1, 0.15) is 32.1 Å². The van der Waals surface area contributed by atoms with Crippen LogP contribution in [0, 0.1) is 23.7 Å². The Kier molecular flexibility index (Phi) is 2.13. The lowest BCUT2D eigenvalue weighted by Gasteiger charge is -2.54. The molecule has 0 atom stereocenters. The second-order valence-electron chi connectivity index (χ2n) is 6.06. The number of aromatic nitrogens is 2. The highest BCUT2D eigenvalue weighted by Crippen LogP contribution is 2.54. The van der Waals surface area contributed by atoms with E-state index in [9.17, 15) is 0 Å². The Morgan fingerprint density at radius 2 is 1.71 bits per heavy atom. The van der Waals surface area contributed by atoms with Crippen LogP contribution < -0.4 is 11.1 Å². The molecule has 0 aromatic carbocycles. The van der Waals surface area contributed by atoms with Gasteiger partial charge in [0.15, 0.2) is 0 Å². The third-order valence-corrected chi connectivity index (χ3v) is 5.62. The van der Waals surface area contributed by atoms with Crippen molar-refractivity contribution in [2.24, 2.45) is 23.7 Å². The highest BCUT2D eigenvalue weighted by atomic mass is 32.1. The minimum absolute atomic E-state index is 0.404. The van der Waals surface area contributed by atoms with Crippen LogP contribution in [0.15, 0.2) is 0 Å². The van der Waals surface area contributed by atoms with E-state index in [1.807, 2.05) is 0 Å². The molecule has 1 aromatic heterocycles. The number of anilines is 2. The molecular weight excluding hydrogens is 232 g/mol. The zero-order chi connectivity index (χ0) is 11.4. The summed E-state index contributed by atoms with van der Waals surface area (Å²) in [5, 5.41) is 4.53. The van der Waals surface area contributed by atoms with Crippen molar-refractivity contribution in [3.05, 3.63) is 0 Å². The van der Waals surface area contributed by atoms with E-state index in [-0.39, 0.29) is 0 Å². The first-order valence-corrected chi connectivity index (χ1v) is 7.41. The maximum Gasteiger partial charge on any atom is 0.233 e. The number of hydrogen-bond acceptors (Lipinski definition) is 5. The van der Waals surface area contributed by atoms with Crippen LogP contribution in [-0.2, 0) is 0 Å². The topological polar surface area (TPSA) is 63.8 Å². The van der Waals surface area contributed by atoms with E-state index in [0.717, 1.165) is 28.8 Å². The average Bonchev–Trinajstić information content (AvgIpc) is 2.68. The van der Waals surface area contributed by atoms with Crippen LogP contribution in [0.2, 0.25) is 0 Å². The van der Waals surface area contributed by atoms with Crippen molar-refractivity contribution in [3.8, 4) is 0 Å². The molecule has 5 rings (SSSR count). The van der Waals surface area contributed by atoms with Gasteiger partial charge in [-0.3, -0.25) is 0 Å². The van der Waals surface area contributed by atoms with Crippen molar-refractivity contribution in [3.63, 3.8) is 0 Å². The van der Waals surface area contributed by atoms with E-state index < -0.39 is 0 Å². The van der Waals surface area contributed by atoms with Crippen LogP contribution in [0.3, 0.4) is 0 Å². The van der Waals surface area contributed by atoms with E-state index in [1.54, 1.807) is 0 Å². The molecule has 3 N–H and O–H groups in total. The number of rotatable bonds is 2. The van der Waals surface area contributed by atoms with Gasteiger partial charge in [-0.15, -0.1) is 0 Å². The summed E-state index contributed by atoms with van der Waals surface area (Å²) >= 11 is 1.40. The number of nitrogen functional groups attached to an aromatic ring is 1. The Morgan fingerprint density at radius 1 is 1.06 bits per heavy atom. The van der Waals surface area contributed by atoms with Crippen molar-refractivity contribution in [1.82, 2.24) is 9.36 Å². The van der Waals surface area contributed by atoms with Gasteiger partial charge in [0.25, 0.3) is 0 Å². The van der Waals surface area contributed by atoms with Crippen molar-refractivity contribution in [1.29, 1.82) is 0 Å². The largest absolute Gasteiger partial charge is 0.367 e. The molecule has 17 heavy (non-hydrogen) atoms. The van der Waals surface area contributed by atoms with Gasteiger partial charge in [-0.05, 0) is 55.8 Å². The Bertz CT molecular complexity index is 402. The van der Waals surface area contributed by atoms with Crippen molar-refractivity contribution >= 4 is 22.6 Å². The molecule has 5 heteroatoms. The number of nitrogens with two attached hydrogens (primary N) is 1. The number of hydrogen-bond donors (Lipinski definition) is 2. The normalized spacial score (nSPS) is 42.9. The summed E-state index contributed by atoms with van der Waals surface area (Å²) in [6, 6.07) is 0.634. The second kappa shape index (κ2) is 3.57. The van der Waals surface area contributed by atoms with Gasteiger partial charge in [0, 0.05) is 17.6 Å². The molecule has 4 fully saturated rings.